The van der Waals surface area contributed by atoms with Crippen LogP contribution in [0.2, 0.25) is 0 Å². The molecule has 0 saturated carbocycles. The van der Waals surface area contributed by atoms with Gasteiger partial charge in [-0.1, -0.05) is 12.1 Å². The highest BCUT2D eigenvalue weighted by Gasteiger charge is 2.16. The van der Waals surface area contributed by atoms with Gasteiger partial charge in [-0.05, 0) is 36.0 Å². The van der Waals surface area contributed by atoms with Crippen molar-refractivity contribution in [3.05, 3.63) is 53.8 Å². The van der Waals surface area contributed by atoms with E-state index in [1.165, 1.54) is 24.1 Å². The van der Waals surface area contributed by atoms with Crippen molar-refractivity contribution in [1.82, 2.24) is 4.90 Å². The number of methoxy groups -OCH3 is 1. The summed E-state index contributed by atoms with van der Waals surface area (Å²) in [5.41, 5.74) is 0.340. The molecule has 24 heavy (non-hydrogen) atoms. The second-order valence-electron chi connectivity index (χ2n) is 5.06. The third-order valence-corrected chi connectivity index (χ3v) is 4.23. The van der Waals surface area contributed by atoms with Gasteiger partial charge in [-0.15, -0.1) is 0 Å². The van der Waals surface area contributed by atoms with Crippen LogP contribution in [0.1, 0.15) is 10.4 Å². The minimum Gasteiger partial charge on any atom is -0.497 e. The number of halogens is 1. The van der Waals surface area contributed by atoms with Crippen LogP contribution in [-0.2, 0) is 0 Å². The van der Waals surface area contributed by atoms with Gasteiger partial charge in [0.05, 0.1) is 18.4 Å². The van der Waals surface area contributed by atoms with Crippen LogP contribution in [0.25, 0.3) is 0 Å². The summed E-state index contributed by atoms with van der Waals surface area (Å²) >= 11 is 0.984. The lowest BCUT2D eigenvalue weighted by atomic mass is 10.2. The van der Waals surface area contributed by atoms with E-state index in [4.69, 9.17) is 4.74 Å². The number of carbonyl (C=O) groups excluding carboxylic acids is 2. The summed E-state index contributed by atoms with van der Waals surface area (Å²) in [5.74, 6) is -0.946. The molecule has 126 valence electrons. The summed E-state index contributed by atoms with van der Waals surface area (Å²) in [6, 6.07) is 10.9. The predicted octanol–water partition coefficient (Wildman–Crippen LogP) is 3.86. The lowest BCUT2D eigenvalue weighted by molar-refractivity contribution is 0.102. The fourth-order valence-electron chi connectivity index (χ4n) is 1.84. The first-order valence-electron chi connectivity index (χ1n) is 7.05. The van der Waals surface area contributed by atoms with Gasteiger partial charge in [0.25, 0.3) is 11.1 Å². The van der Waals surface area contributed by atoms with Crippen molar-refractivity contribution in [1.29, 1.82) is 0 Å². The summed E-state index contributed by atoms with van der Waals surface area (Å²) in [5, 5.41) is 2.46. The molecule has 0 aliphatic heterocycles. The van der Waals surface area contributed by atoms with Crippen molar-refractivity contribution in [3.8, 4) is 5.75 Å². The molecule has 0 heterocycles. The van der Waals surface area contributed by atoms with E-state index in [1.807, 2.05) is 0 Å². The second-order valence-corrected chi connectivity index (χ2v) is 6.05. The second kappa shape index (κ2) is 7.83. The molecule has 2 rings (SSSR count). The zero-order chi connectivity index (χ0) is 17.7. The molecule has 0 fully saturated rings. The Morgan fingerprint density at radius 2 is 1.88 bits per heavy atom. The number of para-hydroxylation sites is 1. The Labute approximate surface area is 143 Å². The number of amides is 2. The minimum absolute atomic E-state index is 0.102. The van der Waals surface area contributed by atoms with Crippen molar-refractivity contribution in [2.24, 2.45) is 0 Å². The number of anilines is 1. The van der Waals surface area contributed by atoms with Gasteiger partial charge in [0.2, 0.25) is 0 Å². The van der Waals surface area contributed by atoms with Gasteiger partial charge in [0.15, 0.2) is 0 Å². The Balaban J connectivity index is 2.22. The van der Waals surface area contributed by atoms with Gasteiger partial charge in [-0.3, -0.25) is 9.59 Å². The van der Waals surface area contributed by atoms with Crippen LogP contribution in [0.15, 0.2) is 47.4 Å². The number of hydrogen-bond donors (Lipinski definition) is 1. The van der Waals surface area contributed by atoms with E-state index in [2.05, 4.69) is 5.32 Å². The Hall–Kier alpha value is -2.54. The van der Waals surface area contributed by atoms with Gasteiger partial charge in [0.1, 0.15) is 11.6 Å². The van der Waals surface area contributed by atoms with E-state index in [0.717, 1.165) is 17.8 Å². The van der Waals surface area contributed by atoms with E-state index in [-0.39, 0.29) is 10.8 Å². The van der Waals surface area contributed by atoms with Crippen LogP contribution in [-0.4, -0.2) is 37.3 Å². The molecule has 0 atom stereocenters. The average molecular weight is 348 g/mol. The summed E-state index contributed by atoms with van der Waals surface area (Å²) in [6.07, 6.45) is 0. The summed E-state index contributed by atoms with van der Waals surface area (Å²) in [4.78, 5) is 26.2. The lowest BCUT2D eigenvalue weighted by Crippen LogP contribution is -2.17. The molecule has 2 aromatic rings. The molecule has 5 nitrogen and oxygen atoms in total. The van der Waals surface area contributed by atoms with Crippen molar-refractivity contribution in [3.63, 3.8) is 0 Å². The van der Waals surface area contributed by atoms with Gasteiger partial charge >= 0.3 is 0 Å². The van der Waals surface area contributed by atoms with Gasteiger partial charge in [-0.25, -0.2) is 4.39 Å². The van der Waals surface area contributed by atoms with Crippen LogP contribution in [0.4, 0.5) is 14.9 Å². The molecular formula is C17H17FN2O3S. The zero-order valence-electron chi connectivity index (χ0n) is 13.5. The molecule has 0 bridgehead atoms. The van der Waals surface area contributed by atoms with E-state index < -0.39 is 11.7 Å². The normalized spacial score (nSPS) is 10.2. The van der Waals surface area contributed by atoms with Crippen molar-refractivity contribution >= 4 is 28.6 Å². The Kier molecular flexibility index (Phi) is 5.81. The maximum atomic E-state index is 14.0. The highest BCUT2D eigenvalue weighted by Crippen LogP contribution is 2.29. The number of hydrogen-bond acceptors (Lipinski definition) is 4. The average Bonchev–Trinajstić information content (AvgIpc) is 2.56. The zero-order valence-corrected chi connectivity index (χ0v) is 14.3. The predicted molar refractivity (Wildman–Crippen MR) is 92.3 cm³/mol. The van der Waals surface area contributed by atoms with Crippen LogP contribution >= 0.6 is 11.8 Å². The van der Waals surface area contributed by atoms with Gasteiger partial charge < -0.3 is 15.0 Å². The van der Waals surface area contributed by atoms with Crippen LogP contribution < -0.4 is 10.1 Å². The van der Waals surface area contributed by atoms with Crippen molar-refractivity contribution in [2.75, 3.05) is 26.5 Å². The number of nitrogens with one attached hydrogen (secondary N) is 1. The van der Waals surface area contributed by atoms with Crippen LogP contribution in [0.3, 0.4) is 0 Å². The fraction of sp³-hybridized carbons (Fsp3) is 0.176. The van der Waals surface area contributed by atoms with Gasteiger partial charge in [-0.2, -0.15) is 0 Å². The highest BCUT2D eigenvalue weighted by molar-refractivity contribution is 8.13. The summed E-state index contributed by atoms with van der Waals surface area (Å²) < 4.78 is 18.9. The third-order valence-electron chi connectivity index (χ3n) is 3.12. The first-order chi connectivity index (χ1) is 11.4. The largest absolute Gasteiger partial charge is 0.497 e. The molecule has 0 aliphatic rings. The molecule has 0 aliphatic carbocycles. The monoisotopic (exact) mass is 348 g/mol. The third kappa shape index (κ3) is 4.26. The van der Waals surface area contributed by atoms with Gasteiger partial charge in [0, 0.05) is 25.1 Å². The molecule has 2 aromatic carbocycles. The maximum Gasteiger partial charge on any atom is 0.286 e. The summed E-state index contributed by atoms with van der Waals surface area (Å²) in [7, 11) is 4.70. The van der Waals surface area contributed by atoms with Crippen LogP contribution in [0, 0.1) is 5.82 Å². The molecule has 7 heteroatoms. The lowest BCUT2D eigenvalue weighted by Gasteiger charge is -2.13. The molecule has 1 N–H and O–H groups in total. The minimum atomic E-state index is -0.679. The van der Waals surface area contributed by atoms with E-state index in [9.17, 15) is 14.0 Å². The molecule has 0 aromatic heterocycles. The first-order valence-corrected chi connectivity index (χ1v) is 7.87. The number of thioether (sulfide) groups is 1. The highest BCUT2D eigenvalue weighted by atomic mass is 32.2. The standard InChI is InChI=1S/C17H17FN2O3S/c1-20(2)17(22)24-15-7-5-4-6-14(15)19-16(21)12-9-8-11(23-3)10-13(12)18/h4-10H,1-3H3,(H,19,21). The molecule has 0 spiro atoms. The van der Waals surface area contributed by atoms with Crippen molar-refractivity contribution < 1.29 is 18.7 Å². The molecular weight excluding hydrogens is 331 g/mol. The molecule has 2 amide bonds. The Bertz CT molecular complexity index is 765. The maximum absolute atomic E-state index is 14.0. The molecule has 0 unspecified atom stereocenters. The smallest absolute Gasteiger partial charge is 0.286 e. The van der Waals surface area contributed by atoms with E-state index in [1.54, 1.807) is 38.4 Å². The number of nitrogens with zero attached hydrogens (tertiary/aromatic N) is 1. The number of carbonyl (C=O) groups is 2. The number of benzene rings is 2. The SMILES string of the molecule is COc1ccc(C(=O)Nc2ccccc2SC(=O)N(C)C)c(F)c1. The topological polar surface area (TPSA) is 58.6 Å². The molecule has 0 saturated heterocycles. The first kappa shape index (κ1) is 17.8. The van der Waals surface area contributed by atoms with Crippen molar-refractivity contribution in [2.45, 2.75) is 4.90 Å². The number of ether oxygens (including phenoxy) is 1. The molecule has 0 radical (unpaired) electrons. The quantitative estimate of drug-likeness (QED) is 0.853. The Morgan fingerprint density at radius 1 is 1.17 bits per heavy atom. The van der Waals surface area contributed by atoms with Crippen LogP contribution in [0.5, 0.6) is 5.75 Å². The summed E-state index contributed by atoms with van der Waals surface area (Å²) in [6.45, 7) is 0. The van der Waals surface area contributed by atoms with E-state index >= 15 is 0 Å². The number of rotatable bonds is 4. The fourth-order valence-corrected chi connectivity index (χ4v) is 2.59. The van der Waals surface area contributed by atoms with E-state index in [0.29, 0.717) is 16.3 Å². The Morgan fingerprint density at radius 3 is 2.50 bits per heavy atom.